The van der Waals surface area contributed by atoms with Crippen molar-refractivity contribution in [2.45, 2.75) is 19.3 Å². The molecule has 35 heavy (non-hydrogen) atoms. The van der Waals surface area contributed by atoms with Crippen LogP contribution in [0.5, 0.6) is 0 Å². The lowest BCUT2D eigenvalue weighted by molar-refractivity contribution is -0.143. The normalized spacial score (nSPS) is 12.0. The second-order valence-corrected chi connectivity index (χ2v) is 7.78. The van der Waals surface area contributed by atoms with Crippen LogP contribution < -0.4 is 10.6 Å². The summed E-state index contributed by atoms with van der Waals surface area (Å²) < 4.78 is 78.6. The van der Waals surface area contributed by atoms with Gasteiger partial charge in [0.05, 0.1) is 22.3 Å². The van der Waals surface area contributed by atoms with Crippen molar-refractivity contribution < 1.29 is 31.1 Å². The van der Waals surface area contributed by atoms with Gasteiger partial charge in [0.15, 0.2) is 0 Å². The first-order chi connectivity index (χ1) is 16.4. The second kappa shape index (κ2) is 8.94. The molecule has 0 aliphatic rings. The third kappa shape index (κ3) is 5.53. The van der Waals surface area contributed by atoms with Gasteiger partial charge in [-0.2, -0.15) is 26.3 Å². The van der Waals surface area contributed by atoms with Crippen LogP contribution in [0.4, 0.5) is 42.5 Å². The molecule has 0 radical (unpaired) electrons. The number of anilines is 2. The average molecular weight is 489 g/mol. The van der Waals surface area contributed by atoms with Gasteiger partial charge in [-0.05, 0) is 55.0 Å². The van der Waals surface area contributed by atoms with Crippen LogP contribution in [0.25, 0.3) is 22.0 Å². The number of amides is 2. The maximum atomic E-state index is 13.1. The van der Waals surface area contributed by atoms with Gasteiger partial charge < -0.3 is 10.6 Å². The molecule has 180 valence electrons. The van der Waals surface area contributed by atoms with Gasteiger partial charge in [-0.25, -0.2) is 4.79 Å². The number of alkyl halides is 6. The summed E-state index contributed by atoms with van der Waals surface area (Å²) in [6, 6.07) is 15.8. The van der Waals surface area contributed by atoms with Crippen LogP contribution in [-0.2, 0) is 12.4 Å². The van der Waals surface area contributed by atoms with Crippen molar-refractivity contribution in [3.05, 3.63) is 89.6 Å². The van der Waals surface area contributed by atoms with E-state index in [0.717, 1.165) is 22.2 Å². The number of para-hydroxylation sites is 1. The number of carbonyl (C=O) groups is 1. The Morgan fingerprint density at radius 1 is 0.771 bits per heavy atom. The molecule has 0 spiro atoms. The number of aryl methyl sites for hydroxylation is 1. The molecule has 0 aliphatic carbocycles. The molecule has 2 amide bonds. The molecule has 4 aromatic rings. The van der Waals surface area contributed by atoms with Crippen LogP contribution in [0.15, 0.2) is 72.8 Å². The zero-order valence-electron chi connectivity index (χ0n) is 18.1. The number of nitrogens with one attached hydrogen (secondary N) is 2. The van der Waals surface area contributed by atoms with Crippen molar-refractivity contribution in [1.29, 1.82) is 0 Å². The summed E-state index contributed by atoms with van der Waals surface area (Å²) in [5.74, 6) is 0. The zero-order chi connectivity index (χ0) is 25.4. The van der Waals surface area contributed by atoms with Crippen molar-refractivity contribution >= 4 is 28.3 Å². The first-order valence-corrected chi connectivity index (χ1v) is 10.2. The van der Waals surface area contributed by atoms with Gasteiger partial charge >= 0.3 is 18.4 Å². The van der Waals surface area contributed by atoms with Gasteiger partial charge in [0, 0.05) is 22.3 Å². The van der Waals surface area contributed by atoms with Crippen molar-refractivity contribution in [1.82, 2.24) is 4.98 Å². The van der Waals surface area contributed by atoms with E-state index >= 15 is 0 Å². The number of nitrogens with zero attached hydrogens (tertiary/aromatic N) is 1. The average Bonchev–Trinajstić information content (AvgIpc) is 2.77. The number of hydrogen-bond acceptors (Lipinski definition) is 2. The standard InChI is InChI=1S/C25H17F6N3O/c1-14-6-7-16-10-15(8-9-21(16)32-14)20-4-2-3-5-22(20)34-23(35)33-19-12-17(24(26,27)28)11-18(13-19)25(29,30)31/h2-13H,1H3,(H2,33,34,35). The van der Waals surface area contributed by atoms with Gasteiger partial charge in [0.1, 0.15) is 0 Å². The number of benzene rings is 3. The van der Waals surface area contributed by atoms with Gasteiger partial charge in [-0.3, -0.25) is 4.98 Å². The fourth-order valence-corrected chi connectivity index (χ4v) is 3.55. The minimum atomic E-state index is -5.02. The third-order valence-electron chi connectivity index (χ3n) is 5.16. The zero-order valence-corrected chi connectivity index (χ0v) is 18.1. The Hall–Kier alpha value is -4.08. The van der Waals surface area contributed by atoms with E-state index in [1.165, 1.54) is 0 Å². The fraction of sp³-hybridized carbons (Fsp3) is 0.120. The van der Waals surface area contributed by atoms with Gasteiger partial charge in [-0.15, -0.1) is 0 Å². The van der Waals surface area contributed by atoms with E-state index in [1.807, 2.05) is 31.2 Å². The van der Waals surface area contributed by atoms with Crippen molar-refractivity contribution in [2.24, 2.45) is 0 Å². The van der Waals surface area contributed by atoms with Crippen LogP contribution in [0.1, 0.15) is 16.8 Å². The number of hydrogen-bond donors (Lipinski definition) is 2. The lowest BCUT2D eigenvalue weighted by Gasteiger charge is -2.16. The Kier molecular flexibility index (Phi) is 6.14. The Bertz CT molecular complexity index is 1380. The number of fused-ring (bicyclic) bond motifs is 1. The highest BCUT2D eigenvalue weighted by Crippen LogP contribution is 2.38. The number of pyridine rings is 1. The highest BCUT2D eigenvalue weighted by Gasteiger charge is 2.37. The molecule has 1 aromatic heterocycles. The molecule has 0 saturated carbocycles. The lowest BCUT2D eigenvalue weighted by atomic mass is 10.0. The van der Waals surface area contributed by atoms with Gasteiger partial charge in [-0.1, -0.05) is 30.3 Å². The monoisotopic (exact) mass is 489 g/mol. The van der Waals surface area contributed by atoms with E-state index < -0.39 is 35.2 Å². The smallest absolute Gasteiger partial charge is 0.308 e. The molecular formula is C25H17F6N3O. The van der Waals surface area contributed by atoms with E-state index in [0.29, 0.717) is 23.4 Å². The lowest BCUT2D eigenvalue weighted by Crippen LogP contribution is -2.21. The third-order valence-corrected chi connectivity index (χ3v) is 5.16. The molecule has 2 N–H and O–H groups in total. The first kappa shape index (κ1) is 24.1. The summed E-state index contributed by atoms with van der Waals surface area (Å²) in [5.41, 5.74) is -0.412. The van der Waals surface area contributed by atoms with Crippen LogP contribution in [0.2, 0.25) is 0 Å². The van der Waals surface area contributed by atoms with Crippen LogP contribution in [0, 0.1) is 6.92 Å². The molecule has 3 aromatic carbocycles. The minimum Gasteiger partial charge on any atom is -0.308 e. The highest BCUT2D eigenvalue weighted by atomic mass is 19.4. The topological polar surface area (TPSA) is 54.0 Å². The van der Waals surface area contributed by atoms with Gasteiger partial charge in [0.25, 0.3) is 0 Å². The SMILES string of the molecule is Cc1ccc2cc(-c3ccccc3NC(=O)Nc3cc(C(F)(F)F)cc(C(F)(F)F)c3)ccc2n1. The van der Waals surface area contributed by atoms with E-state index in [9.17, 15) is 31.1 Å². The molecule has 4 nitrogen and oxygen atoms in total. The summed E-state index contributed by atoms with van der Waals surface area (Å²) in [7, 11) is 0. The van der Waals surface area contributed by atoms with Crippen molar-refractivity contribution in [2.75, 3.05) is 10.6 Å². The number of carbonyl (C=O) groups excluding carboxylic acids is 1. The molecule has 0 atom stereocenters. The second-order valence-electron chi connectivity index (χ2n) is 7.78. The largest absolute Gasteiger partial charge is 0.416 e. The summed E-state index contributed by atoms with van der Waals surface area (Å²) in [6.45, 7) is 1.87. The fourth-order valence-electron chi connectivity index (χ4n) is 3.55. The molecule has 0 aliphatic heterocycles. The molecule has 1 heterocycles. The number of aromatic nitrogens is 1. The first-order valence-electron chi connectivity index (χ1n) is 10.2. The molecule has 0 bridgehead atoms. The maximum absolute atomic E-state index is 13.1. The summed E-state index contributed by atoms with van der Waals surface area (Å²) in [5, 5.41) is 5.43. The molecule has 0 fully saturated rings. The quantitative estimate of drug-likeness (QED) is 0.288. The predicted octanol–water partition coefficient (Wildman–Crippen LogP) is 7.89. The van der Waals surface area contributed by atoms with E-state index in [1.54, 1.807) is 30.3 Å². The summed E-state index contributed by atoms with van der Waals surface area (Å²) >= 11 is 0. The van der Waals surface area contributed by atoms with Crippen LogP contribution >= 0.6 is 0 Å². The Morgan fingerprint density at radius 3 is 2.09 bits per heavy atom. The van der Waals surface area contributed by atoms with E-state index in [4.69, 9.17) is 0 Å². The maximum Gasteiger partial charge on any atom is 0.416 e. The Labute approximate surface area is 195 Å². The van der Waals surface area contributed by atoms with Crippen molar-refractivity contribution in [3.63, 3.8) is 0 Å². The Balaban J connectivity index is 1.62. The summed E-state index contributed by atoms with van der Waals surface area (Å²) in [4.78, 5) is 17.0. The van der Waals surface area contributed by atoms with Crippen LogP contribution in [-0.4, -0.2) is 11.0 Å². The summed E-state index contributed by atoms with van der Waals surface area (Å²) in [6.07, 6.45) is -10.0. The minimum absolute atomic E-state index is 0.00550. The van der Waals surface area contributed by atoms with Gasteiger partial charge in [0.2, 0.25) is 0 Å². The molecule has 0 unspecified atom stereocenters. The molecule has 10 heteroatoms. The number of urea groups is 1. The van der Waals surface area contributed by atoms with E-state index in [2.05, 4.69) is 15.6 Å². The predicted molar refractivity (Wildman–Crippen MR) is 121 cm³/mol. The molecule has 4 rings (SSSR count). The number of halogens is 6. The molecule has 0 saturated heterocycles. The van der Waals surface area contributed by atoms with E-state index in [-0.39, 0.29) is 6.07 Å². The highest BCUT2D eigenvalue weighted by molar-refractivity contribution is 6.03. The van der Waals surface area contributed by atoms with Crippen LogP contribution in [0.3, 0.4) is 0 Å². The Morgan fingerprint density at radius 2 is 1.43 bits per heavy atom. The van der Waals surface area contributed by atoms with Crippen molar-refractivity contribution in [3.8, 4) is 11.1 Å². The number of rotatable bonds is 3. The molecular weight excluding hydrogens is 472 g/mol.